The van der Waals surface area contributed by atoms with Gasteiger partial charge in [0.2, 0.25) is 0 Å². The average molecular weight is 460 g/mol. The molecule has 1 atom stereocenters. The quantitative estimate of drug-likeness (QED) is 0.560. The van der Waals surface area contributed by atoms with Crippen molar-refractivity contribution in [3.05, 3.63) is 45.8 Å². The summed E-state index contributed by atoms with van der Waals surface area (Å²) in [4.78, 5) is 16.2. The lowest BCUT2D eigenvalue weighted by Crippen LogP contribution is -2.18. The highest BCUT2D eigenvalue weighted by Crippen LogP contribution is 2.38. The van der Waals surface area contributed by atoms with Gasteiger partial charge in [-0.05, 0) is 60.2 Å². The number of pyridine rings is 1. The molecule has 8 heteroatoms. The van der Waals surface area contributed by atoms with Crippen LogP contribution in [0.4, 0.5) is 0 Å². The number of ether oxygens (including phenoxy) is 2. The number of aryl methyl sites for hydroxylation is 2. The summed E-state index contributed by atoms with van der Waals surface area (Å²) in [6.07, 6.45) is 6.83. The molecule has 0 saturated carbocycles. The van der Waals surface area contributed by atoms with Crippen molar-refractivity contribution in [1.82, 2.24) is 14.8 Å². The molecule has 2 aromatic heterocycles. The molecular formula is C21H22BrN3O4. The lowest BCUT2D eigenvalue weighted by atomic mass is 10.1. The molecule has 1 fully saturated rings. The third-order valence-corrected chi connectivity index (χ3v) is 6.03. The van der Waals surface area contributed by atoms with Gasteiger partial charge in [0.1, 0.15) is 11.3 Å². The molecule has 4 rings (SSSR count). The van der Waals surface area contributed by atoms with E-state index in [0.29, 0.717) is 22.3 Å². The maximum absolute atomic E-state index is 11.9. The molecule has 1 aromatic carbocycles. The van der Waals surface area contributed by atoms with Crippen molar-refractivity contribution in [2.45, 2.75) is 45.8 Å². The van der Waals surface area contributed by atoms with Crippen LogP contribution in [0.25, 0.3) is 10.9 Å². The fourth-order valence-electron chi connectivity index (χ4n) is 3.63. The molecule has 1 N–H and O–H groups in total. The van der Waals surface area contributed by atoms with Crippen LogP contribution in [0.2, 0.25) is 0 Å². The lowest BCUT2D eigenvalue weighted by Gasteiger charge is -2.23. The number of fused-ring (bicyclic) bond motifs is 1. The zero-order valence-electron chi connectivity index (χ0n) is 16.3. The van der Waals surface area contributed by atoms with E-state index in [1.807, 2.05) is 30.7 Å². The second-order valence-electron chi connectivity index (χ2n) is 7.07. The second-order valence-corrected chi connectivity index (χ2v) is 7.87. The minimum absolute atomic E-state index is 0.0660. The van der Waals surface area contributed by atoms with E-state index in [0.717, 1.165) is 42.3 Å². The third kappa shape index (κ3) is 3.62. The summed E-state index contributed by atoms with van der Waals surface area (Å²) in [5, 5.41) is 15.1. The smallest absolute Gasteiger partial charge is 0.340 e. The number of carboxylic acid groups (broad SMARTS) is 1. The van der Waals surface area contributed by atoms with Crippen molar-refractivity contribution in [3.8, 4) is 11.5 Å². The number of halogens is 1. The standard InChI is InChI=1S/C21H22BrN3O4/c1-3-14-19(22)18(21(26)27)16(11-23-14)29-20-12(2)7-8-15-13(20)10-24-25(15)17-6-4-5-9-28-17/h7-8,10-11,17H,3-6,9H2,1-2H3,(H,26,27). The van der Waals surface area contributed by atoms with Crippen molar-refractivity contribution in [2.75, 3.05) is 6.61 Å². The number of carboxylic acids is 1. The number of nitrogens with zero attached hydrogens (tertiary/aromatic N) is 3. The van der Waals surface area contributed by atoms with E-state index in [-0.39, 0.29) is 17.5 Å². The Kier molecular flexibility index (Phi) is 5.56. The van der Waals surface area contributed by atoms with Crippen LogP contribution in [0, 0.1) is 6.92 Å². The van der Waals surface area contributed by atoms with Crippen LogP contribution in [-0.2, 0) is 11.2 Å². The van der Waals surface area contributed by atoms with E-state index < -0.39 is 5.97 Å². The van der Waals surface area contributed by atoms with Crippen LogP contribution >= 0.6 is 15.9 Å². The molecule has 1 aliphatic heterocycles. The average Bonchev–Trinajstić information content (AvgIpc) is 3.15. The zero-order chi connectivity index (χ0) is 20.5. The molecule has 1 aliphatic rings. The third-order valence-electron chi connectivity index (χ3n) is 5.17. The number of rotatable bonds is 5. The maximum atomic E-state index is 11.9. The zero-order valence-corrected chi connectivity index (χ0v) is 17.9. The van der Waals surface area contributed by atoms with Gasteiger partial charge in [-0.15, -0.1) is 0 Å². The number of aromatic nitrogens is 3. The van der Waals surface area contributed by atoms with Crippen LogP contribution in [0.15, 0.2) is 29.0 Å². The van der Waals surface area contributed by atoms with Gasteiger partial charge in [-0.3, -0.25) is 4.98 Å². The van der Waals surface area contributed by atoms with Crippen molar-refractivity contribution >= 4 is 32.8 Å². The van der Waals surface area contributed by atoms with Crippen molar-refractivity contribution in [1.29, 1.82) is 0 Å². The number of hydrogen-bond acceptors (Lipinski definition) is 5. The van der Waals surface area contributed by atoms with Gasteiger partial charge in [0.15, 0.2) is 12.0 Å². The van der Waals surface area contributed by atoms with Gasteiger partial charge in [-0.25, -0.2) is 9.48 Å². The van der Waals surface area contributed by atoms with E-state index in [2.05, 4.69) is 26.0 Å². The van der Waals surface area contributed by atoms with Gasteiger partial charge >= 0.3 is 5.97 Å². The Hall–Kier alpha value is -2.45. The Morgan fingerprint density at radius 2 is 2.21 bits per heavy atom. The molecule has 3 aromatic rings. The van der Waals surface area contributed by atoms with Gasteiger partial charge in [-0.2, -0.15) is 5.10 Å². The minimum atomic E-state index is -1.07. The van der Waals surface area contributed by atoms with Gasteiger partial charge in [0.25, 0.3) is 0 Å². The molecule has 0 aliphatic carbocycles. The molecule has 0 spiro atoms. The van der Waals surface area contributed by atoms with E-state index >= 15 is 0 Å². The van der Waals surface area contributed by atoms with Gasteiger partial charge in [-0.1, -0.05) is 13.0 Å². The van der Waals surface area contributed by atoms with Gasteiger partial charge in [0.05, 0.1) is 33.5 Å². The first-order valence-corrected chi connectivity index (χ1v) is 10.5. The van der Waals surface area contributed by atoms with E-state index in [1.165, 1.54) is 6.20 Å². The SMILES string of the molecule is CCc1ncc(Oc2c(C)ccc3c2cnn3C2CCCCO2)c(C(=O)O)c1Br. The Labute approximate surface area is 176 Å². The van der Waals surface area contributed by atoms with Crippen LogP contribution in [-0.4, -0.2) is 32.4 Å². The number of benzene rings is 1. The Morgan fingerprint density at radius 1 is 1.38 bits per heavy atom. The number of hydrogen-bond donors (Lipinski definition) is 1. The van der Waals surface area contributed by atoms with Crippen LogP contribution < -0.4 is 4.74 Å². The van der Waals surface area contributed by atoms with Crippen molar-refractivity contribution in [2.24, 2.45) is 0 Å². The molecule has 152 valence electrons. The minimum Gasteiger partial charge on any atom is -0.478 e. The first-order valence-electron chi connectivity index (χ1n) is 9.68. The van der Waals surface area contributed by atoms with Crippen LogP contribution in [0.3, 0.4) is 0 Å². The summed E-state index contributed by atoms with van der Waals surface area (Å²) in [6, 6.07) is 3.94. The molecule has 0 radical (unpaired) electrons. The Morgan fingerprint density at radius 3 is 2.90 bits per heavy atom. The second kappa shape index (κ2) is 8.12. The Balaban J connectivity index is 1.79. The fourth-order valence-corrected chi connectivity index (χ4v) is 4.38. The highest BCUT2D eigenvalue weighted by molar-refractivity contribution is 9.10. The summed E-state index contributed by atoms with van der Waals surface area (Å²) in [5.41, 5.74) is 2.52. The monoisotopic (exact) mass is 459 g/mol. The number of aromatic carboxylic acids is 1. The first-order chi connectivity index (χ1) is 14.0. The fraction of sp³-hybridized carbons (Fsp3) is 0.381. The molecule has 3 heterocycles. The highest BCUT2D eigenvalue weighted by atomic mass is 79.9. The normalized spacial score (nSPS) is 16.9. The molecule has 29 heavy (non-hydrogen) atoms. The predicted octanol–water partition coefficient (Wildman–Crippen LogP) is 5.25. The van der Waals surface area contributed by atoms with E-state index in [4.69, 9.17) is 9.47 Å². The Bertz CT molecular complexity index is 1070. The molecule has 1 saturated heterocycles. The number of carbonyl (C=O) groups is 1. The van der Waals surface area contributed by atoms with Crippen molar-refractivity contribution in [3.63, 3.8) is 0 Å². The summed E-state index contributed by atoms with van der Waals surface area (Å²) < 4.78 is 14.3. The predicted molar refractivity (Wildman–Crippen MR) is 112 cm³/mol. The van der Waals surface area contributed by atoms with Gasteiger partial charge in [0, 0.05) is 6.61 Å². The molecular weight excluding hydrogens is 438 g/mol. The van der Waals surface area contributed by atoms with Crippen LogP contribution in [0.1, 0.15) is 54.0 Å². The summed E-state index contributed by atoms with van der Waals surface area (Å²) in [5.74, 6) is -0.302. The van der Waals surface area contributed by atoms with E-state index in [9.17, 15) is 9.90 Å². The molecule has 1 unspecified atom stereocenters. The maximum Gasteiger partial charge on any atom is 0.340 e. The molecule has 0 bridgehead atoms. The summed E-state index contributed by atoms with van der Waals surface area (Å²) >= 11 is 3.37. The molecule has 7 nitrogen and oxygen atoms in total. The first kappa shape index (κ1) is 19.8. The highest BCUT2D eigenvalue weighted by Gasteiger charge is 2.23. The summed E-state index contributed by atoms with van der Waals surface area (Å²) in [7, 11) is 0. The lowest BCUT2D eigenvalue weighted by molar-refractivity contribution is -0.0366. The largest absolute Gasteiger partial charge is 0.478 e. The van der Waals surface area contributed by atoms with Gasteiger partial charge < -0.3 is 14.6 Å². The topological polar surface area (TPSA) is 86.5 Å². The molecule has 0 amide bonds. The van der Waals surface area contributed by atoms with E-state index in [1.54, 1.807) is 6.20 Å². The van der Waals surface area contributed by atoms with Crippen LogP contribution in [0.5, 0.6) is 11.5 Å². The van der Waals surface area contributed by atoms with Crippen molar-refractivity contribution < 1.29 is 19.4 Å². The summed E-state index contributed by atoms with van der Waals surface area (Å²) in [6.45, 7) is 4.57.